The summed E-state index contributed by atoms with van der Waals surface area (Å²) in [5, 5.41) is 20.1. The molecule has 3 atom stereocenters. The Morgan fingerprint density at radius 1 is 1.00 bits per heavy atom. The van der Waals surface area contributed by atoms with Crippen molar-refractivity contribution >= 4 is 23.4 Å². The first-order chi connectivity index (χ1) is 24.9. The number of carbonyl (C=O) groups is 1. The number of hydrogen-bond donors (Lipinski definition) is 2. The van der Waals surface area contributed by atoms with Crippen molar-refractivity contribution in [3.8, 4) is 11.4 Å². The largest absolute Gasteiger partial charge is 0.484 e. The van der Waals surface area contributed by atoms with Gasteiger partial charge in [0.05, 0.1) is 23.6 Å². The topological polar surface area (TPSA) is 105 Å². The molecule has 0 bridgehead atoms. The zero-order chi connectivity index (χ0) is 36.6. The van der Waals surface area contributed by atoms with Gasteiger partial charge in [0.2, 0.25) is 5.95 Å². The Bertz CT molecular complexity index is 2050. The van der Waals surface area contributed by atoms with E-state index in [1.165, 1.54) is 12.5 Å². The van der Waals surface area contributed by atoms with Crippen molar-refractivity contribution in [2.45, 2.75) is 89.8 Å². The van der Waals surface area contributed by atoms with Crippen LogP contribution in [0.1, 0.15) is 94.3 Å². The van der Waals surface area contributed by atoms with Crippen LogP contribution in [0.2, 0.25) is 0 Å². The van der Waals surface area contributed by atoms with E-state index in [2.05, 4.69) is 65.6 Å². The third kappa shape index (κ3) is 7.48. The molecule has 3 aromatic heterocycles. The van der Waals surface area contributed by atoms with Crippen LogP contribution in [0, 0.1) is 5.82 Å². The maximum Gasteiger partial charge on any atom is 0.320 e. The molecule has 0 radical (unpaired) electrons. The van der Waals surface area contributed by atoms with Crippen molar-refractivity contribution in [3.63, 3.8) is 0 Å². The summed E-state index contributed by atoms with van der Waals surface area (Å²) in [5.41, 5.74) is 4.69. The Balaban J connectivity index is 1.09. The van der Waals surface area contributed by atoms with E-state index in [1.807, 2.05) is 66.0 Å². The Kier molecular flexibility index (Phi) is 9.93. The van der Waals surface area contributed by atoms with Crippen LogP contribution in [-0.2, 0) is 11.8 Å². The average molecular weight is 708 g/mol. The fourth-order valence-electron chi connectivity index (χ4n) is 7.28. The molecule has 274 valence electrons. The third-order valence-electron chi connectivity index (χ3n) is 10.3. The Morgan fingerprint density at radius 3 is 2.58 bits per heavy atom. The molecule has 1 saturated heterocycles. The number of nitrogens with zero attached hydrogens (tertiary/aromatic N) is 7. The second-order valence-corrected chi connectivity index (χ2v) is 15.5. The van der Waals surface area contributed by atoms with E-state index in [9.17, 15) is 9.18 Å². The molecule has 2 amide bonds. The SMILES string of the molecule is C[C@H]1CCCCN1c1nnc2ccc(O[C@@H]3CC[C@H](NC(=O)Nc4cc(C(C)(C)C)nn4-c4ccc(F)c(CCN(C)C)c4)c4ccccc43)cn12. The van der Waals surface area contributed by atoms with Crippen LogP contribution < -0.4 is 20.3 Å². The lowest BCUT2D eigenvalue weighted by molar-refractivity contribution is 0.171. The fraction of sp³-hybridized carbons (Fsp3) is 0.450. The van der Waals surface area contributed by atoms with Crippen LogP contribution in [0.25, 0.3) is 11.3 Å². The lowest BCUT2D eigenvalue weighted by Crippen LogP contribution is -2.38. The van der Waals surface area contributed by atoms with E-state index >= 15 is 0 Å². The van der Waals surface area contributed by atoms with Gasteiger partial charge >= 0.3 is 6.03 Å². The molecule has 52 heavy (non-hydrogen) atoms. The summed E-state index contributed by atoms with van der Waals surface area (Å²) in [4.78, 5) is 18.1. The molecule has 0 unspecified atom stereocenters. The number of piperidine rings is 1. The molecule has 0 saturated carbocycles. The van der Waals surface area contributed by atoms with E-state index < -0.39 is 0 Å². The van der Waals surface area contributed by atoms with Gasteiger partial charge in [-0.25, -0.2) is 13.9 Å². The quantitative estimate of drug-likeness (QED) is 0.163. The second kappa shape index (κ2) is 14.6. The predicted octanol–water partition coefficient (Wildman–Crippen LogP) is 7.61. The predicted molar refractivity (Wildman–Crippen MR) is 202 cm³/mol. The second-order valence-electron chi connectivity index (χ2n) is 15.5. The van der Waals surface area contributed by atoms with Gasteiger partial charge < -0.3 is 19.9 Å². The van der Waals surface area contributed by atoms with Crippen molar-refractivity contribution in [2.75, 3.05) is 37.4 Å². The molecule has 11 nitrogen and oxygen atoms in total. The van der Waals surface area contributed by atoms with Crippen LogP contribution in [0.15, 0.2) is 66.9 Å². The van der Waals surface area contributed by atoms with Gasteiger partial charge in [0, 0.05) is 30.6 Å². The molecule has 5 aromatic rings. The van der Waals surface area contributed by atoms with Crippen molar-refractivity contribution in [2.24, 2.45) is 0 Å². The van der Waals surface area contributed by atoms with Crippen LogP contribution in [0.3, 0.4) is 0 Å². The number of anilines is 2. The number of carbonyl (C=O) groups excluding carboxylic acids is 1. The molecule has 0 spiro atoms. The van der Waals surface area contributed by atoms with Crippen molar-refractivity contribution < 1.29 is 13.9 Å². The highest BCUT2D eigenvalue weighted by Gasteiger charge is 2.31. The van der Waals surface area contributed by atoms with Gasteiger partial charge in [-0.2, -0.15) is 5.10 Å². The van der Waals surface area contributed by atoms with Crippen LogP contribution in [-0.4, -0.2) is 68.5 Å². The molecule has 1 fully saturated rings. The first-order valence-electron chi connectivity index (χ1n) is 18.4. The summed E-state index contributed by atoms with van der Waals surface area (Å²) in [6.07, 6.45) is 7.31. The molecule has 2 aromatic carbocycles. The van der Waals surface area contributed by atoms with Crippen molar-refractivity contribution in [3.05, 3.63) is 95.1 Å². The lowest BCUT2D eigenvalue weighted by Gasteiger charge is -2.33. The first kappa shape index (κ1) is 35.4. The number of rotatable bonds is 9. The Morgan fingerprint density at radius 2 is 1.81 bits per heavy atom. The average Bonchev–Trinajstić information content (AvgIpc) is 3.74. The van der Waals surface area contributed by atoms with Gasteiger partial charge in [-0.05, 0) is 107 Å². The molecule has 4 heterocycles. The van der Waals surface area contributed by atoms with E-state index in [4.69, 9.17) is 9.84 Å². The van der Waals surface area contributed by atoms with Crippen LogP contribution >= 0.6 is 0 Å². The van der Waals surface area contributed by atoms with Gasteiger partial charge in [0.25, 0.3) is 0 Å². The minimum Gasteiger partial charge on any atom is -0.484 e. The van der Waals surface area contributed by atoms with Crippen molar-refractivity contribution in [1.29, 1.82) is 0 Å². The fourth-order valence-corrected chi connectivity index (χ4v) is 7.28. The van der Waals surface area contributed by atoms with E-state index in [0.29, 0.717) is 42.5 Å². The lowest BCUT2D eigenvalue weighted by atomic mass is 9.85. The highest BCUT2D eigenvalue weighted by atomic mass is 19.1. The number of benzene rings is 2. The maximum atomic E-state index is 14.8. The maximum absolute atomic E-state index is 14.8. The minimum absolute atomic E-state index is 0.181. The van der Waals surface area contributed by atoms with E-state index in [0.717, 1.165) is 60.0 Å². The van der Waals surface area contributed by atoms with Gasteiger partial charge in [0.1, 0.15) is 23.5 Å². The van der Waals surface area contributed by atoms with Crippen molar-refractivity contribution in [1.82, 2.24) is 34.6 Å². The standard InChI is InChI=1S/C40H50FN9O2/c1-26-11-9-10-21-48(26)39-45-44-36-19-15-29(25-49(36)39)52-34-18-17-33(30-12-7-8-13-31(30)34)42-38(51)43-37-24-35(40(2,3)4)46-50(37)28-14-16-32(41)27(23-28)20-22-47(5)6/h7-8,12-16,19,23-26,33-34H,9-11,17-18,20-22H2,1-6H3,(H2,42,43,51)/t26-,33-,34+/m0/s1. The van der Waals surface area contributed by atoms with Gasteiger partial charge in [-0.15, -0.1) is 10.2 Å². The number of fused-ring (bicyclic) bond motifs is 2. The number of aromatic nitrogens is 5. The molecule has 12 heteroatoms. The molecule has 2 aliphatic rings. The third-order valence-corrected chi connectivity index (χ3v) is 10.3. The smallest absolute Gasteiger partial charge is 0.320 e. The minimum atomic E-state index is -0.340. The summed E-state index contributed by atoms with van der Waals surface area (Å²) in [7, 11) is 3.93. The summed E-state index contributed by atoms with van der Waals surface area (Å²) in [5.74, 6) is 1.86. The van der Waals surface area contributed by atoms with Gasteiger partial charge in [0.15, 0.2) is 5.65 Å². The summed E-state index contributed by atoms with van der Waals surface area (Å²) < 4.78 is 25.2. The van der Waals surface area contributed by atoms with Crippen LogP contribution in [0.5, 0.6) is 5.75 Å². The summed E-state index contributed by atoms with van der Waals surface area (Å²) in [6, 6.07) is 18.8. The molecule has 7 rings (SSSR count). The number of hydrogen-bond acceptors (Lipinski definition) is 7. The number of amides is 2. The highest BCUT2D eigenvalue weighted by molar-refractivity contribution is 5.89. The zero-order valence-electron chi connectivity index (χ0n) is 31.1. The molecule has 1 aliphatic heterocycles. The monoisotopic (exact) mass is 707 g/mol. The molecule has 1 aliphatic carbocycles. The summed E-state index contributed by atoms with van der Waals surface area (Å²) in [6.45, 7) is 10.2. The summed E-state index contributed by atoms with van der Waals surface area (Å²) >= 11 is 0. The Labute approximate surface area is 305 Å². The van der Waals surface area contributed by atoms with E-state index in [1.54, 1.807) is 10.7 Å². The number of nitrogens with one attached hydrogen (secondary N) is 2. The Hall–Kier alpha value is -4.97. The molecular weight excluding hydrogens is 657 g/mol. The normalized spacial score (nSPS) is 19.2. The molecule has 2 N–H and O–H groups in total. The van der Waals surface area contributed by atoms with Crippen LogP contribution in [0.4, 0.5) is 21.0 Å². The first-order valence-corrected chi connectivity index (χ1v) is 18.4. The van der Waals surface area contributed by atoms with Gasteiger partial charge in [-0.1, -0.05) is 45.0 Å². The number of halogens is 1. The number of urea groups is 1. The highest BCUT2D eigenvalue weighted by Crippen LogP contribution is 2.39. The number of likely N-dealkylation sites (N-methyl/N-ethyl adjacent to an activating group) is 1. The number of pyridine rings is 1. The zero-order valence-corrected chi connectivity index (χ0v) is 31.1. The van der Waals surface area contributed by atoms with E-state index in [-0.39, 0.29) is 29.4 Å². The van der Waals surface area contributed by atoms with Gasteiger partial charge in [-0.3, -0.25) is 9.72 Å². The molecular formula is C40H50FN9O2. The number of ether oxygens (including phenoxy) is 1.